The van der Waals surface area contributed by atoms with Gasteiger partial charge in [0.2, 0.25) is 0 Å². The highest BCUT2D eigenvalue weighted by Crippen LogP contribution is 2.35. The predicted molar refractivity (Wildman–Crippen MR) is 64.4 cm³/mol. The SMILES string of the molecule is Cc1c(C(=O)O)sc2c1c(C(C)C)nn2C. The molecule has 0 aliphatic rings. The molecule has 2 rings (SSSR count). The molecule has 0 saturated heterocycles. The van der Waals surface area contributed by atoms with Gasteiger partial charge in [-0.15, -0.1) is 11.3 Å². The van der Waals surface area contributed by atoms with Gasteiger partial charge in [0.25, 0.3) is 0 Å². The van der Waals surface area contributed by atoms with Crippen molar-refractivity contribution in [3.05, 3.63) is 16.1 Å². The van der Waals surface area contributed by atoms with Crippen LogP contribution in [-0.2, 0) is 7.05 Å². The van der Waals surface area contributed by atoms with E-state index >= 15 is 0 Å². The monoisotopic (exact) mass is 238 g/mol. The van der Waals surface area contributed by atoms with Gasteiger partial charge < -0.3 is 5.11 Å². The van der Waals surface area contributed by atoms with Crippen molar-refractivity contribution in [1.29, 1.82) is 0 Å². The first-order chi connectivity index (χ1) is 7.43. The minimum Gasteiger partial charge on any atom is -0.477 e. The summed E-state index contributed by atoms with van der Waals surface area (Å²) in [6.45, 7) is 5.99. The third-order valence-corrected chi connectivity index (χ3v) is 4.02. The molecule has 0 aliphatic heterocycles. The van der Waals surface area contributed by atoms with Crippen molar-refractivity contribution < 1.29 is 9.90 Å². The van der Waals surface area contributed by atoms with E-state index in [0.717, 1.165) is 21.5 Å². The van der Waals surface area contributed by atoms with E-state index in [4.69, 9.17) is 5.11 Å². The molecule has 2 aromatic heterocycles. The largest absolute Gasteiger partial charge is 0.477 e. The zero-order valence-electron chi connectivity index (χ0n) is 9.74. The Morgan fingerprint density at radius 1 is 1.50 bits per heavy atom. The van der Waals surface area contributed by atoms with Crippen LogP contribution in [0.5, 0.6) is 0 Å². The normalized spacial score (nSPS) is 11.6. The van der Waals surface area contributed by atoms with Gasteiger partial charge in [0.1, 0.15) is 9.71 Å². The molecule has 0 radical (unpaired) electrons. The molecule has 0 spiro atoms. The van der Waals surface area contributed by atoms with Crippen molar-refractivity contribution in [1.82, 2.24) is 9.78 Å². The van der Waals surface area contributed by atoms with Gasteiger partial charge in [-0.3, -0.25) is 4.68 Å². The summed E-state index contributed by atoms with van der Waals surface area (Å²) in [4.78, 5) is 12.4. The highest BCUT2D eigenvalue weighted by atomic mass is 32.1. The Balaban J connectivity index is 2.82. The number of carbonyl (C=O) groups is 1. The fourth-order valence-electron chi connectivity index (χ4n) is 1.89. The number of aryl methyl sites for hydroxylation is 2. The quantitative estimate of drug-likeness (QED) is 0.875. The standard InChI is InChI=1S/C11H14N2O2S/c1-5(2)8-7-6(3)9(11(14)15)16-10(7)13(4)12-8/h5H,1-4H3,(H,14,15). The Kier molecular flexibility index (Phi) is 2.50. The van der Waals surface area contributed by atoms with Crippen molar-refractivity contribution in [3.63, 3.8) is 0 Å². The lowest BCUT2D eigenvalue weighted by Crippen LogP contribution is -1.97. The Morgan fingerprint density at radius 3 is 2.62 bits per heavy atom. The van der Waals surface area contributed by atoms with Crippen LogP contribution in [0, 0.1) is 6.92 Å². The van der Waals surface area contributed by atoms with Gasteiger partial charge in [-0.1, -0.05) is 13.8 Å². The highest BCUT2D eigenvalue weighted by Gasteiger charge is 2.22. The van der Waals surface area contributed by atoms with E-state index in [0.29, 0.717) is 10.8 Å². The minimum atomic E-state index is -0.853. The molecule has 4 nitrogen and oxygen atoms in total. The fraction of sp³-hybridized carbons (Fsp3) is 0.455. The molecule has 0 aliphatic carbocycles. The van der Waals surface area contributed by atoms with Crippen LogP contribution in [0.4, 0.5) is 0 Å². The number of carboxylic acids is 1. The van der Waals surface area contributed by atoms with Crippen LogP contribution in [-0.4, -0.2) is 20.9 Å². The van der Waals surface area contributed by atoms with Crippen molar-refractivity contribution in [2.45, 2.75) is 26.7 Å². The van der Waals surface area contributed by atoms with Gasteiger partial charge in [-0.25, -0.2) is 4.79 Å². The summed E-state index contributed by atoms with van der Waals surface area (Å²) in [6, 6.07) is 0. The Hall–Kier alpha value is -1.36. The van der Waals surface area contributed by atoms with Gasteiger partial charge in [-0.2, -0.15) is 5.10 Å². The summed E-state index contributed by atoms with van der Waals surface area (Å²) >= 11 is 1.30. The van der Waals surface area contributed by atoms with Crippen molar-refractivity contribution in [3.8, 4) is 0 Å². The Bertz CT molecular complexity index is 566. The maximum absolute atomic E-state index is 11.1. The van der Waals surface area contributed by atoms with Crippen LogP contribution < -0.4 is 0 Å². The van der Waals surface area contributed by atoms with Gasteiger partial charge in [-0.05, 0) is 18.4 Å². The second kappa shape index (κ2) is 3.59. The van der Waals surface area contributed by atoms with Crippen LogP contribution >= 0.6 is 11.3 Å². The number of rotatable bonds is 2. The number of hydrogen-bond donors (Lipinski definition) is 1. The van der Waals surface area contributed by atoms with Gasteiger partial charge in [0.15, 0.2) is 0 Å². The molecular weight excluding hydrogens is 224 g/mol. The molecule has 0 fully saturated rings. The van der Waals surface area contributed by atoms with Crippen molar-refractivity contribution in [2.75, 3.05) is 0 Å². The van der Waals surface area contributed by atoms with Crippen molar-refractivity contribution >= 4 is 27.5 Å². The number of nitrogens with zero attached hydrogens (tertiary/aromatic N) is 2. The second-order valence-corrected chi connectivity index (χ2v) is 5.20. The molecule has 0 aromatic carbocycles. The first-order valence-electron chi connectivity index (χ1n) is 5.12. The van der Waals surface area contributed by atoms with Crippen LogP contribution in [0.15, 0.2) is 0 Å². The summed E-state index contributed by atoms with van der Waals surface area (Å²) in [5, 5.41) is 14.5. The zero-order chi connectivity index (χ0) is 12.0. The summed E-state index contributed by atoms with van der Waals surface area (Å²) in [7, 11) is 1.86. The van der Waals surface area contributed by atoms with Crippen molar-refractivity contribution in [2.24, 2.45) is 7.05 Å². The summed E-state index contributed by atoms with van der Waals surface area (Å²) in [5.74, 6) is -0.549. The molecule has 86 valence electrons. The van der Waals surface area contributed by atoms with Gasteiger partial charge in [0.05, 0.1) is 5.69 Å². The van der Waals surface area contributed by atoms with E-state index < -0.39 is 5.97 Å². The topological polar surface area (TPSA) is 55.1 Å². The lowest BCUT2D eigenvalue weighted by molar-refractivity contribution is 0.0701. The maximum atomic E-state index is 11.1. The molecule has 0 bridgehead atoms. The third-order valence-electron chi connectivity index (χ3n) is 2.68. The van der Waals surface area contributed by atoms with Crippen LogP contribution in [0.2, 0.25) is 0 Å². The third kappa shape index (κ3) is 1.43. The molecule has 0 unspecified atom stereocenters. The maximum Gasteiger partial charge on any atom is 0.346 e. The van der Waals surface area contributed by atoms with E-state index in [9.17, 15) is 4.79 Å². The lowest BCUT2D eigenvalue weighted by Gasteiger charge is -2.00. The second-order valence-electron chi connectivity index (χ2n) is 4.21. The predicted octanol–water partition coefficient (Wildman–Crippen LogP) is 2.76. The zero-order valence-corrected chi connectivity index (χ0v) is 10.6. The van der Waals surface area contributed by atoms with E-state index in [1.165, 1.54) is 11.3 Å². The number of thiophene rings is 1. The van der Waals surface area contributed by atoms with Gasteiger partial charge >= 0.3 is 5.97 Å². The molecular formula is C11H14N2O2S. The average Bonchev–Trinajstić information content (AvgIpc) is 2.67. The minimum absolute atomic E-state index is 0.304. The highest BCUT2D eigenvalue weighted by molar-refractivity contribution is 7.20. The molecule has 0 atom stereocenters. The lowest BCUT2D eigenvalue weighted by atomic mass is 10.1. The molecule has 5 heteroatoms. The molecule has 0 saturated carbocycles. The first-order valence-corrected chi connectivity index (χ1v) is 5.94. The summed E-state index contributed by atoms with van der Waals surface area (Å²) in [6.07, 6.45) is 0. The molecule has 0 amide bonds. The average molecular weight is 238 g/mol. The first kappa shape index (κ1) is 11.1. The Labute approximate surface area is 97.5 Å². The number of aromatic carboxylic acids is 1. The smallest absolute Gasteiger partial charge is 0.346 e. The summed E-state index contributed by atoms with van der Waals surface area (Å²) in [5.41, 5.74) is 1.82. The molecule has 2 aromatic rings. The number of aromatic nitrogens is 2. The van der Waals surface area contributed by atoms with E-state index in [1.807, 2.05) is 14.0 Å². The fourth-order valence-corrected chi connectivity index (χ4v) is 2.96. The van der Waals surface area contributed by atoms with E-state index in [1.54, 1.807) is 4.68 Å². The molecule has 16 heavy (non-hydrogen) atoms. The van der Waals surface area contributed by atoms with E-state index in [-0.39, 0.29) is 0 Å². The number of carboxylic acid groups (broad SMARTS) is 1. The van der Waals surface area contributed by atoms with E-state index in [2.05, 4.69) is 18.9 Å². The Morgan fingerprint density at radius 2 is 2.12 bits per heavy atom. The van der Waals surface area contributed by atoms with Crippen LogP contribution in [0.1, 0.15) is 40.7 Å². The molecule has 2 heterocycles. The number of hydrogen-bond acceptors (Lipinski definition) is 3. The molecule has 1 N–H and O–H groups in total. The van der Waals surface area contributed by atoms with Crippen LogP contribution in [0.25, 0.3) is 10.2 Å². The number of fused-ring (bicyclic) bond motifs is 1. The summed E-state index contributed by atoms with van der Waals surface area (Å²) < 4.78 is 1.77. The van der Waals surface area contributed by atoms with Crippen LogP contribution in [0.3, 0.4) is 0 Å². The van der Waals surface area contributed by atoms with Gasteiger partial charge in [0, 0.05) is 12.4 Å².